The fraction of sp³-hybridized carbons (Fsp3) is 0.0769. The maximum Gasteiger partial charge on any atom is 0.225 e. The number of benzene rings is 1. The van der Waals surface area contributed by atoms with E-state index in [1.54, 1.807) is 7.11 Å². The van der Waals surface area contributed by atoms with Crippen LogP contribution >= 0.6 is 0 Å². The molecule has 0 aliphatic carbocycles. The Labute approximate surface area is 103 Å². The molecule has 0 saturated heterocycles. The highest BCUT2D eigenvalue weighted by Crippen LogP contribution is 2.34. The Hall–Kier alpha value is -2.56. The van der Waals surface area contributed by atoms with E-state index in [4.69, 9.17) is 15.0 Å². The van der Waals surface area contributed by atoms with E-state index in [0.29, 0.717) is 22.9 Å². The molecule has 1 aromatic carbocycles. The molecule has 0 amide bonds. The molecular formula is C13H11N3O2. The number of nitrogen functional groups attached to an aromatic ring is 1. The number of aromatic nitrogens is 2. The van der Waals surface area contributed by atoms with Crippen LogP contribution in [0.4, 0.5) is 5.69 Å². The molecule has 0 aliphatic heterocycles. The predicted molar refractivity (Wildman–Crippen MR) is 68.2 cm³/mol. The highest BCUT2D eigenvalue weighted by Gasteiger charge is 2.15. The number of ether oxygens (including phenoxy) is 1. The van der Waals surface area contributed by atoms with E-state index in [9.17, 15) is 0 Å². The second kappa shape index (κ2) is 4.03. The number of para-hydroxylation sites is 1. The first-order valence-corrected chi connectivity index (χ1v) is 5.44. The zero-order chi connectivity index (χ0) is 12.5. The molecule has 2 N–H and O–H groups in total. The van der Waals surface area contributed by atoms with Gasteiger partial charge in [-0.15, -0.1) is 0 Å². The number of hydrogen-bond acceptors (Lipinski definition) is 5. The third kappa shape index (κ3) is 1.57. The summed E-state index contributed by atoms with van der Waals surface area (Å²) in [5.74, 6) is 0.947. The van der Waals surface area contributed by atoms with Crippen molar-refractivity contribution in [2.75, 3.05) is 12.8 Å². The van der Waals surface area contributed by atoms with Gasteiger partial charge in [-0.05, 0) is 12.1 Å². The van der Waals surface area contributed by atoms with Crippen molar-refractivity contribution in [3.8, 4) is 17.2 Å². The van der Waals surface area contributed by atoms with Gasteiger partial charge >= 0.3 is 0 Å². The summed E-state index contributed by atoms with van der Waals surface area (Å²) >= 11 is 0. The lowest BCUT2D eigenvalue weighted by Gasteiger charge is -2.07. The van der Waals surface area contributed by atoms with Crippen LogP contribution < -0.4 is 10.5 Å². The van der Waals surface area contributed by atoms with Crippen molar-refractivity contribution in [1.29, 1.82) is 0 Å². The van der Waals surface area contributed by atoms with Crippen LogP contribution in [0, 0.1) is 0 Å². The topological polar surface area (TPSA) is 74.2 Å². The summed E-state index contributed by atoms with van der Waals surface area (Å²) in [5.41, 5.74) is 7.82. The number of fused-ring (bicyclic) bond motifs is 1. The lowest BCUT2D eigenvalue weighted by atomic mass is 10.1. The second-order valence-electron chi connectivity index (χ2n) is 3.85. The van der Waals surface area contributed by atoms with Crippen molar-refractivity contribution >= 4 is 16.6 Å². The van der Waals surface area contributed by atoms with E-state index in [-0.39, 0.29) is 0 Å². The van der Waals surface area contributed by atoms with Gasteiger partial charge in [0.15, 0.2) is 5.76 Å². The molecule has 0 saturated carbocycles. The Morgan fingerprint density at radius 2 is 2.11 bits per heavy atom. The van der Waals surface area contributed by atoms with Crippen molar-refractivity contribution in [1.82, 2.24) is 10.1 Å². The summed E-state index contributed by atoms with van der Waals surface area (Å²) in [6.07, 6.45) is 1.46. The van der Waals surface area contributed by atoms with Gasteiger partial charge in [-0.3, -0.25) is 0 Å². The number of nitrogens with two attached hydrogens (primary N) is 1. The number of anilines is 1. The summed E-state index contributed by atoms with van der Waals surface area (Å²) < 4.78 is 10.4. The molecule has 3 rings (SSSR count). The SMILES string of the molecule is COc1nc2ccccc2cc1-c1oncc1N. The molecule has 18 heavy (non-hydrogen) atoms. The lowest BCUT2D eigenvalue weighted by molar-refractivity contribution is 0.394. The fourth-order valence-corrected chi connectivity index (χ4v) is 1.87. The van der Waals surface area contributed by atoms with Crippen LogP contribution in [0.5, 0.6) is 5.88 Å². The van der Waals surface area contributed by atoms with Crippen LogP contribution in [0.3, 0.4) is 0 Å². The third-order valence-corrected chi connectivity index (χ3v) is 2.72. The minimum absolute atomic E-state index is 0.463. The molecule has 0 bridgehead atoms. The summed E-state index contributed by atoms with van der Waals surface area (Å²) in [7, 11) is 1.56. The Morgan fingerprint density at radius 3 is 2.83 bits per heavy atom. The van der Waals surface area contributed by atoms with Gasteiger partial charge < -0.3 is 15.0 Å². The summed E-state index contributed by atoms with van der Waals surface area (Å²) in [6.45, 7) is 0. The quantitative estimate of drug-likeness (QED) is 0.746. The van der Waals surface area contributed by atoms with E-state index >= 15 is 0 Å². The zero-order valence-electron chi connectivity index (χ0n) is 9.75. The van der Waals surface area contributed by atoms with Crippen LogP contribution in [-0.2, 0) is 0 Å². The molecule has 5 nitrogen and oxygen atoms in total. The molecule has 5 heteroatoms. The Kier molecular flexibility index (Phi) is 2.37. The minimum atomic E-state index is 0.463. The van der Waals surface area contributed by atoms with Crippen molar-refractivity contribution in [3.05, 3.63) is 36.5 Å². The Balaban J connectivity index is 2.31. The number of rotatable bonds is 2. The van der Waals surface area contributed by atoms with Gasteiger partial charge in [0.05, 0.1) is 24.4 Å². The minimum Gasteiger partial charge on any atom is -0.480 e. The van der Waals surface area contributed by atoms with Crippen molar-refractivity contribution in [2.45, 2.75) is 0 Å². The van der Waals surface area contributed by atoms with Gasteiger partial charge in [-0.2, -0.15) is 0 Å². The predicted octanol–water partition coefficient (Wildman–Crippen LogP) is 2.48. The average Bonchev–Trinajstić information content (AvgIpc) is 2.83. The number of hydrogen-bond donors (Lipinski definition) is 1. The van der Waals surface area contributed by atoms with Gasteiger partial charge in [0, 0.05) is 5.39 Å². The molecule has 0 aliphatic rings. The average molecular weight is 241 g/mol. The van der Waals surface area contributed by atoms with E-state index < -0.39 is 0 Å². The van der Waals surface area contributed by atoms with Crippen molar-refractivity contribution < 1.29 is 9.26 Å². The van der Waals surface area contributed by atoms with E-state index in [0.717, 1.165) is 10.9 Å². The zero-order valence-corrected chi connectivity index (χ0v) is 9.75. The molecule has 3 aromatic rings. The summed E-state index contributed by atoms with van der Waals surface area (Å²) in [6, 6.07) is 9.70. The molecule has 0 atom stereocenters. The first-order chi connectivity index (χ1) is 8.79. The number of pyridine rings is 1. The summed E-state index contributed by atoms with van der Waals surface area (Å²) in [5, 5.41) is 4.66. The molecule has 0 unspecified atom stereocenters. The third-order valence-electron chi connectivity index (χ3n) is 2.72. The maximum atomic E-state index is 5.80. The smallest absolute Gasteiger partial charge is 0.225 e. The highest BCUT2D eigenvalue weighted by atomic mass is 16.5. The Bertz CT molecular complexity index is 706. The molecule has 0 radical (unpaired) electrons. The van der Waals surface area contributed by atoms with Crippen molar-refractivity contribution in [3.63, 3.8) is 0 Å². The normalized spacial score (nSPS) is 10.7. The highest BCUT2D eigenvalue weighted by molar-refractivity contribution is 5.87. The number of methoxy groups -OCH3 is 1. The van der Waals surface area contributed by atoms with Crippen LogP contribution in [0.1, 0.15) is 0 Å². The summed E-state index contributed by atoms with van der Waals surface area (Å²) in [4.78, 5) is 4.43. The van der Waals surface area contributed by atoms with Crippen LogP contribution in [0.2, 0.25) is 0 Å². The van der Waals surface area contributed by atoms with E-state index in [1.807, 2.05) is 30.3 Å². The van der Waals surface area contributed by atoms with Gasteiger partial charge in [-0.25, -0.2) is 4.98 Å². The fourth-order valence-electron chi connectivity index (χ4n) is 1.87. The molecule has 2 aromatic heterocycles. The Morgan fingerprint density at radius 1 is 1.28 bits per heavy atom. The van der Waals surface area contributed by atoms with Gasteiger partial charge in [0.2, 0.25) is 5.88 Å². The maximum absolute atomic E-state index is 5.80. The monoisotopic (exact) mass is 241 g/mol. The first kappa shape index (κ1) is 10.6. The van der Waals surface area contributed by atoms with Gasteiger partial charge in [0.25, 0.3) is 0 Å². The standard InChI is InChI=1S/C13H11N3O2/c1-17-13-9(12-10(14)7-15-18-12)6-8-4-2-3-5-11(8)16-13/h2-7H,14H2,1H3. The van der Waals surface area contributed by atoms with Crippen LogP contribution in [-0.4, -0.2) is 17.3 Å². The van der Waals surface area contributed by atoms with Gasteiger partial charge in [-0.1, -0.05) is 23.4 Å². The van der Waals surface area contributed by atoms with Crippen LogP contribution in [0.25, 0.3) is 22.2 Å². The van der Waals surface area contributed by atoms with Crippen LogP contribution in [0.15, 0.2) is 41.1 Å². The number of nitrogens with zero attached hydrogens (tertiary/aromatic N) is 2. The first-order valence-electron chi connectivity index (χ1n) is 5.44. The van der Waals surface area contributed by atoms with E-state index in [2.05, 4.69) is 10.1 Å². The molecule has 0 spiro atoms. The molecule has 0 fully saturated rings. The largest absolute Gasteiger partial charge is 0.480 e. The second-order valence-corrected chi connectivity index (χ2v) is 3.85. The molecular weight excluding hydrogens is 230 g/mol. The molecule has 90 valence electrons. The van der Waals surface area contributed by atoms with Crippen molar-refractivity contribution in [2.24, 2.45) is 0 Å². The lowest BCUT2D eigenvalue weighted by Crippen LogP contribution is -1.94. The van der Waals surface area contributed by atoms with E-state index in [1.165, 1.54) is 6.20 Å². The molecule has 2 heterocycles. The van der Waals surface area contributed by atoms with Gasteiger partial charge in [0.1, 0.15) is 5.69 Å².